The summed E-state index contributed by atoms with van der Waals surface area (Å²) in [5, 5.41) is 3.72. The molecule has 1 aliphatic rings. The molecule has 1 unspecified atom stereocenters. The Labute approximate surface area is 53.3 Å². The molecular formula is C3H8N2S2. The van der Waals surface area contributed by atoms with Crippen molar-refractivity contribution in [3.8, 4) is 0 Å². The van der Waals surface area contributed by atoms with E-state index in [9.17, 15) is 0 Å². The molecular weight excluding hydrogens is 128 g/mol. The Balaban J connectivity index is 2.26. The maximum Gasteiger partial charge on any atom is 0.0700 e. The number of hydrogen-bond donors (Lipinski definition) is 2. The van der Waals surface area contributed by atoms with Crippen molar-refractivity contribution in [3.63, 3.8) is 0 Å². The average molecular weight is 136 g/mol. The van der Waals surface area contributed by atoms with Gasteiger partial charge in [0.25, 0.3) is 0 Å². The topological polar surface area (TPSA) is 15.3 Å². The molecule has 1 heterocycles. The van der Waals surface area contributed by atoms with Gasteiger partial charge in [0, 0.05) is 0 Å². The Morgan fingerprint density at radius 1 is 2.00 bits per heavy atom. The third kappa shape index (κ3) is 1.53. The maximum absolute atomic E-state index is 4.09. The summed E-state index contributed by atoms with van der Waals surface area (Å²) in [5.74, 6) is 0. The zero-order valence-electron chi connectivity index (χ0n) is 4.09. The zero-order valence-corrected chi connectivity index (χ0v) is 5.80. The molecule has 0 aromatic rings. The van der Waals surface area contributed by atoms with E-state index in [1.54, 1.807) is 11.9 Å². The second kappa shape index (κ2) is 2.26. The van der Waals surface area contributed by atoms with Gasteiger partial charge in [0.05, 0.1) is 12.0 Å². The molecule has 0 amide bonds. The molecule has 7 heavy (non-hydrogen) atoms. The molecule has 0 spiro atoms. The second-order valence-electron chi connectivity index (χ2n) is 1.46. The van der Waals surface area contributed by atoms with Crippen molar-refractivity contribution in [1.82, 2.24) is 9.03 Å². The molecule has 1 N–H and O–H groups in total. The molecule has 0 bridgehead atoms. The predicted molar refractivity (Wildman–Crippen MR) is 35.9 cm³/mol. The highest BCUT2D eigenvalue weighted by atomic mass is 32.2. The van der Waals surface area contributed by atoms with Crippen molar-refractivity contribution < 1.29 is 0 Å². The summed E-state index contributed by atoms with van der Waals surface area (Å²) in [4.78, 5) is 0. The highest BCUT2D eigenvalue weighted by Crippen LogP contribution is 2.21. The summed E-state index contributed by atoms with van der Waals surface area (Å²) in [7, 11) is 0. The van der Waals surface area contributed by atoms with Gasteiger partial charge in [-0.15, -0.1) is 0 Å². The summed E-state index contributed by atoms with van der Waals surface area (Å²) in [6, 6.07) is 0. The van der Waals surface area contributed by atoms with Crippen LogP contribution < -0.4 is 5.32 Å². The summed E-state index contributed by atoms with van der Waals surface area (Å²) < 4.78 is 1.88. The van der Waals surface area contributed by atoms with Crippen LogP contribution in [0.5, 0.6) is 0 Å². The summed E-state index contributed by atoms with van der Waals surface area (Å²) in [5.41, 5.74) is 0. The molecule has 0 radical (unpaired) electrons. The van der Waals surface area contributed by atoms with Gasteiger partial charge < -0.3 is 0 Å². The van der Waals surface area contributed by atoms with Crippen LogP contribution in [-0.4, -0.2) is 15.8 Å². The van der Waals surface area contributed by atoms with Gasteiger partial charge in [-0.25, -0.2) is 0 Å². The lowest BCUT2D eigenvalue weighted by molar-refractivity contribution is 0.649. The number of rotatable bonds is 0. The first kappa shape index (κ1) is 5.75. The Hall–Kier alpha value is 0.620. The quantitative estimate of drug-likeness (QED) is 0.376. The molecule has 1 aliphatic heterocycles. The van der Waals surface area contributed by atoms with Crippen molar-refractivity contribution >= 4 is 24.8 Å². The molecule has 0 aromatic carbocycles. The van der Waals surface area contributed by atoms with Crippen molar-refractivity contribution in [1.29, 1.82) is 0 Å². The van der Waals surface area contributed by atoms with Gasteiger partial charge in [-0.05, 0) is 18.9 Å². The first-order valence-electron chi connectivity index (χ1n) is 2.15. The fraction of sp³-hybridized carbons (Fsp3) is 1.00. The fourth-order valence-corrected chi connectivity index (χ4v) is 1.63. The second-order valence-corrected chi connectivity index (χ2v) is 3.57. The van der Waals surface area contributed by atoms with Gasteiger partial charge in [-0.3, -0.25) is 5.32 Å². The number of thiol groups is 1. The van der Waals surface area contributed by atoms with E-state index >= 15 is 0 Å². The maximum atomic E-state index is 4.09. The lowest BCUT2D eigenvalue weighted by Crippen LogP contribution is -2.16. The van der Waals surface area contributed by atoms with Crippen molar-refractivity contribution in [2.45, 2.75) is 12.3 Å². The summed E-state index contributed by atoms with van der Waals surface area (Å²) >= 11 is 5.79. The van der Waals surface area contributed by atoms with Gasteiger partial charge >= 0.3 is 0 Å². The van der Waals surface area contributed by atoms with Crippen molar-refractivity contribution in [2.75, 3.05) is 6.67 Å². The smallest absolute Gasteiger partial charge is 0.0700 e. The lowest BCUT2D eigenvalue weighted by atomic mass is 10.7. The number of nitrogens with zero attached hydrogens (tertiary/aromatic N) is 1. The summed E-state index contributed by atoms with van der Waals surface area (Å²) in [6.07, 6.45) is 0. The van der Waals surface area contributed by atoms with Crippen LogP contribution in [0, 0.1) is 0 Å². The van der Waals surface area contributed by atoms with Gasteiger partial charge in [-0.2, -0.15) is 3.71 Å². The van der Waals surface area contributed by atoms with E-state index in [1.165, 1.54) is 0 Å². The van der Waals surface area contributed by atoms with E-state index in [0.717, 1.165) is 6.67 Å². The molecule has 1 rings (SSSR count). The standard InChI is InChI=1S/C3H8N2S2/c1-3-4-2-5(6)7-3/h3-4,6H,2H2,1H3. The van der Waals surface area contributed by atoms with Crippen LogP contribution in [0.2, 0.25) is 0 Å². The van der Waals surface area contributed by atoms with Crippen LogP contribution in [0.3, 0.4) is 0 Å². The van der Waals surface area contributed by atoms with Crippen molar-refractivity contribution in [2.24, 2.45) is 0 Å². The fourth-order valence-electron chi connectivity index (χ4n) is 0.464. The highest BCUT2D eigenvalue weighted by Gasteiger charge is 2.14. The molecule has 1 atom stereocenters. The third-order valence-corrected chi connectivity index (χ3v) is 2.07. The molecule has 42 valence electrons. The van der Waals surface area contributed by atoms with Gasteiger partial charge in [0.1, 0.15) is 0 Å². The van der Waals surface area contributed by atoms with E-state index in [2.05, 4.69) is 25.1 Å². The van der Waals surface area contributed by atoms with Crippen LogP contribution in [0.15, 0.2) is 0 Å². The van der Waals surface area contributed by atoms with E-state index in [0.29, 0.717) is 5.37 Å². The SMILES string of the molecule is CC1NCN(S)S1. The Bertz CT molecular complexity index is 60.0. The highest BCUT2D eigenvalue weighted by molar-refractivity contribution is 8.06. The molecule has 1 saturated heterocycles. The van der Waals surface area contributed by atoms with Crippen LogP contribution in [0.25, 0.3) is 0 Å². The largest absolute Gasteiger partial charge is 0.290 e. The molecule has 0 aliphatic carbocycles. The average Bonchev–Trinajstić information content (AvgIpc) is 1.87. The van der Waals surface area contributed by atoms with Crippen molar-refractivity contribution in [3.05, 3.63) is 0 Å². The predicted octanol–water partition coefficient (Wildman–Crippen LogP) is 0.688. The third-order valence-electron chi connectivity index (χ3n) is 0.794. The normalized spacial score (nSPS) is 34.3. The van der Waals surface area contributed by atoms with Gasteiger partial charge in [0.2, 0.25) is 0 Å². The first-order valence-corrected chi connectivity index (χ1v) is 3.39. The van der Waals surface area contributed by atoms with Crippen LogP contribution >= 0.6 is 24.8 Å². The first-order chi connectivity index (χ1) is 3.29. The van der Waals surface area contributed by atoms with E-state index in [-0.39, 0.29) is 0 Å². The van der Waals surface area contributed by atoms with Crippen LogP contribution in [0.4, 0.5) is 0 Å². The molecule has 0 aromatic heterocycles. The van der Waals surface area contributed by atoms with E-state index in [1.807, 2.05) is 3.71 Å². The monoisotopic (exact) mass is 136 g/mol. The molecule has 0 saturated carbocycles. The van der Waals surface area contributed by atoms with E-state index < -0.39 is 0 Å². The molecule has 4 heteroatoms. The minimum Gasteiger partial charge on any atom is -0.290 e. The zero-order chi connectivity index (χ0) is 5.28. The molecule has 1 fully saturated rings. The lowest BCUT2D eigenvalue weighted by Gasteiger charge is -1.98. The minimum atomic E-state index is 0.539. The number of hydrogen-bond acceptors (Lipinski definition) is 4. The Kier molecular flexibility index (Phi) is 1.86. The number of nitrogens with one attached hydrogen (secondary N) is 1. The van der Waals surface area contributed by atoms with Crippen LogP contribution in [0.1, 0.15) is 6.92 Å². The molecule has 2 nitrogen and oxygen atoms in total. The van der Waals surface area contributed by atoms with Crippen LogP contribution in [-0.2, 0) is 0 Å². The van der Waals surface area contributed by atoms with E-state index in [4.69, 9.17) is 0 Å². The van der Waals surface area contributed by atoms with Gasteiger partial charge in [0.15, 0.2) is 0 Å². The summed E-state index contributed by atoms with van der Waals surface area (Å²) in [6.45, 7) is 3.00. The van der Waals surface area contributed by atoms with Gasteiger partial charge in [-0.1, -0.05) is 12.8 Å². The minimum absolute atomic E-state index is 0.539. The Morgan fingerprint density at radius 3 is 2.86 bits per heavy atom. The Morgan fingerprint density at radius 2 is 2.71 bits per heavy atom.